The summed E-state index contributed by atoms with van der Waals surface area (Å²) in [7, 11) is 1.64. The normalized spacial score (nSPS) is 9.81. The van der Waals surface area contributed by atoms with Crippen LogP contribution in [0.4, 0.5) is 0 Å². The van der Waals surface area contributed by atoms with E-state index in [2.05, 4.69) is 9.97 Å². The minimum absolute atomic E-state index is 0.462. The highest BCUT2D eigenvalue weighted by Gasteiger charge is 2.05. The summed E-state index contributed by atoms with van der Waals surface area (Å²) in [5.41, 5.74) is 2.44. The third-order valence-corrected chi connectivity index (χ3v) is 2.36. The summed E-state index contributed by atoms with van der Waals surface area (Å²) >= 11 is 0. The molecule has 0 aliphatic heterocycles. The van der Waals surface area contributed by atoms with Gasteiger partial charge < -0.3 is 9.72 Å². The zero-order valence-corrected chi connectivity index (χ0v) is 9.11. The lowest BCUT2D eigenvalue weighted by atomic mass is 10.1. The third-order valence-electron chi connectivity index (χ3n) is 2.36. The first-order valence-corrected chi connectivity index (χ1v) is 4.84. The topological polar surface area (TPSA) is 61.7 Å². The van der Waals surface area contributed by atoms with E-state index in [4.69, 9.17) is 10.00 Å². The van der Waals surface area contributed by atoms with Gasteiger partial charge in [-0.1, -0.05) is 0 Å². The van der Waals surface area contributed by atoms with Gasteiger partial charge in [0.25, 0.3) is 0 Å². The summed E-state index contributed by atoms with van der Waals surface area (Å²) < 4.78 is 5.18. The zero-order valence-electron chi connectivity index (χ0n) is 9.11. The summed E-state index contributed by atoms with van der Waals surface area (Å²) in [5, 5.41) is 8.69. The largest absolute Gasteiger partial charge is 0.496 e. The van der Waals surface area contributed by atoms with Gasteiger partial charge in [-0.15, -0.1) is 0 Å². The van der Waals surface area contributed by atoms with E-state index in [1.54, 1.807) is 7.11 Å². The van der Waals surface area contributed by atoms with Gasteiger partial charge in [0.1, 0.15) is 23.3 Å². The molecule has 0 amide bonds. The second kappa shape index (κ2) is 4.07. The van der Waals surface area contributed by atoms with Crippen molar-refractivity contribution >= 4 is 0 Å². The molecule has 0 fully saturated rings. The van der Waals surface area contributed by atoms with Crippen molar-refractivity contribution in [1.29, 1.82) is 5.26 Å². The van der Waals surface area contributed by atoms with Crippen molar-refractivity contribution in [2.24, 2.45) is 0 Å². The molecule has 0 saturated heterocycles. The van der Waals surface area contributed by atoms with E-state index in [1.807, 2.05) is 31.2 Å². The van der Waals surface area contributed by atoms with Crippen LogP contribution in [0.3, 0.4) is 0 Å². The number of nitrogens with one attached hydrogen (secondary N) is 1. The number of hydrogen-bond acceptors (Lipinski definition) is 3. The molecular weight excluding hydrogens is 202 g/mol. The second-order valence-corrected chi connectivity index (χ2v) is 3.44. The van der Waals surface area contributed by atoms with Gasteiger partial charge in [-0.05, 0) is 30.7 Å². The Morgan fingerprint density at radius 3 is 2.81 bits per heavy atom. The Morgan fingerprint density at radius 1 is 1.44 bits per heavy atom. The molecular formula is C12H11N3O. The maximum Gasteiger partial charge on any atom is 0.138 e. The summed E-state index contributed by atoms with van der Waals surface area (Å²) in [5.74, 6) is 1.54. The summed E-state index contributed by atoms with van der Waals surface area (Å²) in [6.07, 6.45) is 1.52. The Balaban J connectivity index is 2.42. The van der Waals surface area contributed by atoms with Gasteiger partial charge >= 0.3 is 0 Å². The first-order valence-electron chi connectivity index (χ1n) is 4.84. The van der Waals surface area contributed by atoms with Crippen molar-refractivity contribution < 1.29 is 4.74 Å². The number of rotatable bonds is 2. The van der Waals surface area contributed by atoms with E-state index >= 15 is 0 Å². The van der Waals surface area contributed by atoms with Crippen LogP contribution in [-0.4, -0.2) is 17.1 Å². The van der Waals surface area contributed by atoms with Crippen molar-refractivity contribution in [3.05, 3.63) is 35.7 Å². The van der Waals surface area contributed by atoms with E-state index < -0.39 is 0 Å². The molecule has 0 unspecified atom stereocenters. The maximum absolute atomic E-state index is 8.69. The molecule has 80 valence electrons. The first kappa shape index (κ1) is 10.2. The second-order valence-electron chi connectivity index (χ2n) is 3.44. The molecule has 4 nitrogen and oxygen atoms in total. The summed E-state index contributed by atoms with van der Waals surface area (Å²) in [4.78, 5) is 7.07. The van der Waals surface area contributed by atoms with Crippen molar-refractivity contribution in [3.63, 3.8) is 0 Å². The van der Waals surface area contributed by atoms with Crippen molar-refractivity contribution in [3.8, 4) is 23.2 Å². The first-order chi connectivity index (χ1) is 7.74. The molecule has 0 aliphatic rings. The Bertz CT molecular complexity index is 552. The molecule has 2 aromatic rings. The van der Waals surface area contributed by atoms with Crippen LogP contribution < -0.4 is 4.74 Å². The summed E-state index contributed by atoms with van der Waals surface area (Å²) in [6, 6.07) is 7.78. The van der Waals surface area contributed by atoms with Crippen LogP contribution in [0.5, 0.6) is 5.75 Å². The predicted octanol–water partition coefficient (Wildman–Crippen LogP) is 2.27. The van der Waals surface area contributed by atoms with Gasteiger partial charge in [-0.3, -0.25) is 0 Å². The fraction of sp³-hybridized carbons (Fsp3) is 0.167. The highest BCUT2D eigenvalue weighted by molar-refractivity contribution is 5.59. The van der Waals surface area contributed by atoms with Crippen LogP contribution in [0.2, 0.25) is 0 Å². The number of imidazole rings is 1. The van der Waals surface area contributed by atoms with E-state index in [0.29, 0.717) is 11.5 Å². The third kappa shape index (κ3) is 1.75. The van der Waals surface area contributed by atoms with Gasteiger partial charge in [0.15, 0.2) is 0 Å². The quantitative estimate of drug-likeness (QED) is 0.832. The zero-order chi connectivity index (χ0) is 11.5. The SMILES string of the molecule is COc1ccc(-c2ncc(C#N)[nH]2)cc1C. The minimum Gasteiger partial charge on any atom is -0.496 e. The van der Waals surface area contributed by atoms with Crippen LogP contribution in [0.1, 0.15) is 11.3 Å². The molecule has 0 saturated carbocycles. The highest BCUT2D eigenvalue weighted by atomic mass is 16.5. The number of aryl methyl sites for hydroxylation is 1. The molecule has 1 aromatic carbocycles. The number of nitrogens with zero attached hydrogens (tertiary/aromatic N) is 2. The number of nitriles is 1. The Hall–Kier alpha value is -2.28. The number of H-pyrrole nitrogens is 1. The van der Waals surface area contributed by atoms with Gasteiger partial charge in [0.2, 0.25) is 0 Å². The number of benzene rings is 1. The van der Waals surface area contributed by atoms with Crippen LogP contribution in [0.25, 0.3) is 11.4 Å². The molecule has 0 radical (unpaired) electrons. The monoisotopic (exact) mass is 213 g/mol. The van der Waals surface area contributed by atoms with Crippen molar-refractivity contribution in [2.45, 2.75) is 6.92 Å². The Kier molecular flexibility index (Phi) is 2.61. The number of ether oxygens (including phenoxy) is 1. The smallest absolute Gasteiger partial charge is 0.138 e. The number of methoxy groups -OCH3 is 1. The van der Waals surface area contributed by atoms with E-state index in [0.717, 1.165) is 16.9 Å². The minimum atomic E-state index is 0.462. The molecule has 16 heavy (non-hydrogen) atoms. The highest BCUT2D eigenvalue weighted by Crippen LogP contribution is 2.23. The number of aromatic amines is 1. The fourth-order valence-electron chi connectivity index (χ4n) is 1.55. The number of aromatic nitrogens is 2. The number of hydrogen-bond donors (Lipinski definition) is 1. The molecule has 2 rings (SSSR count). The molecule has 0 atom stereocenters. The van der Waals surface area contributed by atoms with E-state index in [9.17, 15) is 0 Å². The van der Waals surface area contributed by atoms with Crippen LogP contribution >= 0.6 is 0 Å². The summed E-state index contributed by atoms with van der Waals surface area (Å²) in [6.45, 7) is 1.97. The lowest BCUT2D eigenvalue weighted by molar-refractivity contribution is 0.412. The van der Waals surface area contributed by atoms with Gasteiger partial charge in [-0.2, -0.15) is 5.26 Å². The van der Waals surface area contributed by atoms with Crippen molar-refractivity contribution in [2.75, 3.05) is 7.11 Å². The average molecular weight is 213 g/mol. The van der Waals surface area contributed by atoms with Crippen LogP contribution in [-0.2, 0) is 0 Å². The van der Waals surface area contributed by atoms with Crippen LogP contribution in [0.15, 0.2) is 24.4 Å². The molecule has 0 spiro atoms. The Labute approximate surface area is 93.5 Å². The molecule has 1 N–H and O–H groups in total. The molecule has 0 aliphatic carbocycles. The predicted molar refractivity (Wildman–Crippen MR) is 60.0 cm³/mol. The maximum atomic E-state index is 8.69. The van der Waals surface area contributed by atoms with E-state index in [-0.39, 0.29) is 0 Å². The van der Waals surface area contributed by atoms with Crippen molar-refractivity contribution in [1.82, 2.24) is 9.97 Å². The lowest BCUT2D eigenvalue weighted by Gasteiger charge is -2.05. The average Bonchev–Trinajstić information content (AvgIpc) is 2.77. The van der Waals surface area contributed by atoms with Gasteiger partial charge in [0, 0.05) is 5.56 Å². The van der Waals surface area contributed by atoms with Crippen LogP contribution in [0, 0.1) is 18.3 Å². The molecule has 1 heterocycles. The van der Waals surface area contributed by atoms with E-state index in [1.165, 1.54) is 6.20 Å². The lowest BCUT2D eigenvalue weighted by Crippen LogP contribution is -1.88. The molecule has 4 heteroatoms. The van der Waals surface area contributed by atoms with Gasteiger partial charge in [-0.25, -0.2) is 4.98 Å². The van der Waals surface area contributed by atoms with Gasteiger partial charge in [0.05, 0.1) is 13.3 Å². The standard InChI is InChI=1S/C12H11N3O/c1-8-5-9(3-4-11(8)16-2)12-14-7-10(6-13)15-12/h3-5,7H,1-2H3,(H,14,15). The molecule has 0 bridgehead atoms. The Morgan fingerprint density at radius 2 is 2.25 bits per heavy atom. The molecule has 1 aromatic heterocycles. The fourth-order valence-corrected chi connectivity index (χ4v) is 1.55.